The molecule has 3 aliphatic rings. The third kappa shape index (κ3) is 6.24. The minimum Gasteiger partial charge on any atom is -0.356 e. The number of nitrogens with zero attached hydrogens (tertiary/aromatic N) is 5. The summed E-state index contributed by atoms with van der Waals surface area (Å²) in [5, 5.41) is 6.65. The number of nitrogens with one attached hydrogen (secondary N) is 2. The fourth-order valence-corrected chi connectivity index (χ4v) is 5.31. The molecule has 32 heavy (non-hydrogen) atoms. The minimum atomic E-state index is 0.0816. The second kappa shape index (κ2) is 11.2. The predicted octanol–water partition coefficient (Wildman–Crippen LogP) is 3.32. The van der Waals surface area contributed by atoms with Crippen LogP contribution in [0.3, 0.4) is 0 Å². The van der Waals surface area contributed by atoms with Gasteiger partial charge in [0.05, 0.1) is 0 Å². The standard InChI is InChI=1S/C24H41N7O/c1-19(2)26-24(32)30-16-10-21(11-17-30)31-15-7-8-20(18-31)27-23-25-12-9-22(28-23)29-13-5-3-4-6-14-29/h9,12,19-21H,3-8,10-11,13-18H2,1-2H3,(H,26,32)(H,25,27,28). The number of anilines is 2. The molecule has 1 aromatic heterocycles. The van der Waals surface area contributed by atoms with E-state index in [-0.39, 0.29) is 12.1 Å². The first-order valence-electron chi connectivity index (χ1n) is 12.7. The highest BCUT2D eigenvalue weighted by molar-refractivity contribution is 5.74. The smallest absolute Gasteiger partial charge is 0.317 e. The molecule has 0 radical (unpaired) electrons. The molecular weight excluding hydrogens is 402 g/mol. The van der Waals surface area contributed by atoms with Crippen LogP contribution in [0.4, 0.5) is 16.6 Å². The first-order chi connectivity index (χ1) is 15.6. The summed E-state index contributed by atoms with van der Waals surface area (Å²) in [4.78, 5) is 28.7. The van der Waals surface area contributed by atoms with Gasteiger partial charge in [-0.25, -0.2) is 9.78 Å². The molecule has 3 saturated heterocycles. The van der Waals surface area contributed by atoms with Gasteiger partial charge in [-0.1, -0.05) is 12.8 Å². The second-order valence-electron chi connectivity index (χ2n) is 9.94. The number of carbonyl (C=O) groups is 1. The Balaban J connectivity index is 1.28. The van der Waals surface area contributed by atoms with Crippen LogP contribution in [-0.2, 0) is 0 Å². The quantitative estimate of drug-likeness (QED) is 0.727. The Hall–Kier alpha value is -2.09. The molecule has 8 nitrogen and oxygen atoms in total. The summed E-state index contributed by atoms with van der Waals surface area (Å²) in [5.41, 5.74) is 0. The number of urea groups is 1. The highest BCUT2D eigenvalue weighted by atomic mass is 16.2. The zero-order chi connectivity index (χ0) is 22.3. The third-order valence-electron chi connectivity index (χ3n) is 7.04. The van der Waals surface area contributed by atoms with Crippen LogP contribution < -0.4 is 15.5 Å². The van der Waals surface area contributed by atoms with E-state index in [2.05, 4.69) is 25.4 Å². The molecule has 0 bridgehead atoms. The van der Waals surface area contributed by atoms with Gasteiger partial charge in [0.15, 0.2) is 0 Å². The van der Waals surface area contributed by atoms with E-state index >= 15 is 0 Å². The van der Waals surface area contributed by atoms with E-state index in [1.54, 1.807) is 0 Å². The largest absolute Gasteiger partial charge is 0.356 e. The lowest BCUT2D eigenvalue weighted by Crippen LogP contribution is -2.53. The molecule has 0 spiro atoms. The average molecular weight is 444 g/mol. The first kappa shape index (κ1) is 23.1. The molecule has 0 saturated carbocycles. The van der Waals surface area contributed by atoms with Gasteiger partial charge in [-0.15, -0.1) is 0 Å². The molecule has 4 rings (SSSR count). The third-order valence-corrected chi connectivity index (χ3v) is 7.04. The van der Waals surface area contributed by atoms with Crippen molar-refractivity contribution in [2.45, 2.75) is 83.3 Å². The molecule has 0 aromatic carbocycles. The molecule has 1 atom stereocenters. The van der Waals surface area contributed by atoms with Gasteiger partial charge >= 0.3 is 6.03 Å². The number of likely N-dealkylation sites (tertiary alicyclic amines) is 2. The molecule has 1 aromatic rings. The van der Waals surface area contributed by atoms with Crippen LogP contribution >= 0.6 is 0 Å². The van der Waals surface area contributed by atoms with Gasteiger partial charge in [-0.2, -0.15) is 4.98 Å². The number of aromatic nitrogens is 2. The summed E-state index contributed by atoms with van der Waals surface area (Å²) >= 11 is 0. The van der Waals surface area contributed by atoms with Crippen molar-refractivity contribution in [1.29, 1.82) is 0 Å². The maximum atomic E-state index is 12.3. The van der Waals surface area contributed by atoms with Crippen molar-refractivity contribution in [3.05, 3.63) is 12.3 Å². The van der Waals surface area contributed by atoms with Crippen molar-refractivity contribution < 1.29 is 4.79 Å². The molecule has 2 N–H and O–H groups in total. The van der Waals surface area contributed by atoms with Crippen LogP contribution in [0.15, 0.2) is 12.3 Å². The van der Waals surface area contributed by atoms with Gasteiger partial charge in [-0.05, 0) is 65.0 Å². The van der Waals surface area contributed by atoms with Gasteiger partial charge < -0.3 is 20.4 Å². The molecule has 3 aliphatic heterocycles. The Labute approximate surface area is 193 Å². The normalized spacial score (nSPS) is 23.8. The summed E-state index contributed by atoms with van der Waals surface area (Å²) in [7, 11) is 0. The van der Waals surface area contributed by atoms with Crippen LogP contribution in [0.2, 0.25) is 0 Å². The second-order valence-corrected chi connectivity index (χ2v) is 9.94. The summed E-state index contributed by atoms with van der Waals surface area (Å²) in [6.07, 6.45) is 11.5. The van der Waals surface area contributed by atoms with E-state index < -0.39 is 0 Å². The number of rotatable bonds is 5. The van der Waals surface area contributed by atoms with Crippen LogP contribution in [0.5, 0.6) is 0 Å². The number of hydrogen-bond acceptors (Lipinski definition) is 6. The lowest BCUT2D eigenvalue weighted by atomic mass is 9.98. The molecule has 0 aliphatic carbocycles. The van der Waals surface area contributed by atoms with E-state index in [1.165, 1.54) is 32.1 Å². The van der Waals surface area contributed by atoms with E-state index in [1.807, 2.05) is 31.0 Å². The van der Waals surface area contributed by atoms with Crippen molar-refractivity contribution in [2.24, 2.45) is 0 Å². The van der Waals surface area contributed by atoms with Crippen molar-refractivity contribution in [3.63, 3.8) is 0 Å². The molecule has 1 unspecified atom stereocenters. The van der Waals surface area contributed by atoms with Crippen LogP contribution in [0.1, 0.15) is 65.2 Å². The highest BCUT2D eigenvalue weighted by Crippen LogP contribution is 2.23. The maximum Gasteiger partial charge on any atom is 0.317 e. The van der Waals surface area contributed by atoms with Crippen molar-refractivity contribution in [2.75, 3.05) is 49.5 Å². The summed E-state index contributed by atoms with van der Waals surface area (Å²) < 4.78 is 0. The molecule has 3 fully saturated rings. The Morgan fingerprint density at radius 2 is 1.75 bits per heavy atom. The predicted molar refractivity (Wildman–Crippen MR) is 129 cm³/mol. The molecule has 8 heteroatoms. The lowest BCUT2D eigenvalue weighted by Gasteiger charge is -2.42. The van der Waals surface area contributed by atoms with Crippen LogP contribution in [0.25, 0.3) is 0 Å². The lowest BCUT2D eigenvalue weighted by molar-refractivity contribution is 0.0963. The zero-order valence-corrected chi connectivity index (χ0v) is 19.9. The van der Waals surface area contributed by atoms with Gasteiger partial charge in [0, 0.05) is 57.0 Å². The van der Waals surface area contributed by atoms with E-state index in [0.717, 1.165) is 70.3 Å². The Bertz CT molecular complexity index is 727. The summed E-state index contributed by atoms with van der Waals surface area (Å²) in [6.45, 7) is 10.1. The molecular formula is C24H41N7O. The Morgan fingerprint density at radius 3 is 2.47 bits per heavy atom. The summed E-state index contributed by atoms with van der Waals surface area (Å²) in [5.74, 6) is 1.82. The summed E-state index contributed by atoms with van der Waals surface area (Å²) in [6, 6.07) is 3.26. The van der Waals surface area contributed by atoms with Gasteiger partial charge in [0.1, 0.15) is 5.82 Å². The monoisotopic (exact) mass is 443 g/mol. The van der Waals surface area contributed by atoms with Gasteiger partial charge in [0.25, 0.3) is 0 Å². The number of hydrogen-bond donors (Lipinski definition) is 2. The van der Waals surface area contributed by atoms with Gasteiger partial charge in [-0.3, -0.25) is 4.90 Å². The van der Waals surface area contributed by atoms with Crippen molar-refractivity contribution >= 4 is 17.8 Å². The van der Waals surface area contributed by atoms with Crippen molar-refractivity contribution in [3.8, 4) is 0 Å². The average Bonchev–Trinajstić information content (AvgIpc) is 3.09. The fourth-order valence-electron chi connectivity index (χ4n) is 5.31. The molecule has 4 heterocycles. The first-order valence-corrected chi connectivity index (χ1v) is 12.7. The van der Waals surface area contributed by atoms with E-state index in [0.29, 0.717) is 12.1 Å². The number of piperidine rings is 2. The number of amides is 2. The SMILES string of the molecule is CC(C)NC(=O)N1CCC(N2CCCC(Nc3nccc(N4CCCCCC4)n3)C2)CC1. The maximum absolute atomic E-state index is 12.3. The Kier molecular flexibility index (Phi) is 8.05. The Morgan fingerprint density at radius 1 is 1.00 bits per heavy atom. The number of carbonyl (C=O) groups excluding carboxylic acids is 1. The van der Waals surface area contributed by atoms with Crippen molar-refractivity contribution in [1.82, 2.24) is 25.1 Å². The molecule has 178 valence electrons. The van der Waals surface area contributed by atoms with E-state index in [4.69, 9.17) is 4.98 Å². The fraction of sp³-hybridized carbons (Fsp3) is 0.792. The van der Waals surface area contributed by atoms with Crippen LogP contribution in [0, 0.1) is 0 Å². The van der Waals surface area contributed by atoms with Crippen LogP contribution in [-0.4, -0.2) is 83.2 Å². The highest BCUT2D eigenvalue weighted by Gasteiger charge is 2.30. The topological polar surface area (TPSA) is 76.6 Å². The molecule has 2 amide bonds. The van der Waals surface area contributed by atoms with Gasteiger partial charge in [0.2, 0.25) is 5.95 Å². The van der Waals surface area contributed by atoms with E-state index in [9.17, 15) is 4.79 Å². The zero-order valence-electron chi connectivity index (χ0n) is 19.9. The minimum absolute atomic E-state index is 0.0816.